The number of fused-ring (bicyclic) bond motifs is 3. The lowest BCUT2D eigenvalue weighted by atomic mass is 9.91. The third-order valence-corrected chi connectivity index (χ3v) is 8.13. The van der Waals surface area contributed by atoms with E-state index in [2.05, 4.69) is 77.8 Å². The highest BCUT2D eigenvalue weighted by atomic mass is 16.3. The molecule has 204 valence electrons. The molecule has 0 saturated carbocycles. The summed E-state index contributed by atoms with van der Waals surface area (Å²) in [5.74, 6) is 1.39. The second-order valence-electron chi connectivity index (χ2n) is 10.8. The van der Waals surface area contributed by atoms with E-state index in [9.17, 15) is 0 Å². The normalized spacial score (nSPS) is 14.8. The van der Waals surface area contributed by atoms with Gasteiger partial charge in [-0.15, -0.1) is 0 Å². The molecule has 7 rings (SSSR count). The van der Waals surface area contributed by atoms with Crippen molar-refractivity contribution < 1.29 is 4.42 Å². The Morgan fingerprint density at radius 1 is 0.738 bits per heavy atom. The van der Waals surface area contributed by atoms with E-state index in [-0.39, 0.29) is 5.84 Å². The van der Waals surface area contributed by atoms with Gasteiger partial charge in [0.2, 0.25) is 0 Å². The molecule has 0 fully saturated rings. The molecule has 0 amide bonds. The zero-order valence-corrected chi connectivity index (χ0v) is 23.3. The van der Waals surface area contributed by atoms with E-state index in [1.807, 2.05) is 48.5 Å². The topological polar surface area (TPSA) is 75.4 Å². The summed E-state index contributed by atoms with van der Waals surface area (Å²) < 4.78 is 6.29. The van der Waals surface area contributed by atoms with E-state index in [0.717, 1.165) is 81.4 Å². The van der Waals surface area contributed by atoms with Crippen LogP contribution < -0.4 is 5.73 Å². The summed E-state index contributed by atoms with van der Waals surface area (Å²) in [4.78, 5) is 4.55. The van der Waals surface area contributed by atoms with Gasteiger partial charge < -0.3 is 10.2 Å². The van der Waals surface area contributed by atoms with Crippen LogP contribution in [-0.4, -0.2) is 11.7 Å². The maximum Gasteiger partial charge on any atom is 0.154 e. The molecule has 0 saturated heterocycles. The van der Waals surface area contributed by atoms with Crippen molar-refractivity contribution in [2.24, 2.45) is 10.7 Å². The molecule has 0 radical (unpaired) electrons. The lowest BCUT2D eigenvalue weighted by Gasteiger charge is -2.14. The van der Waals surface area contributed by atoms with Crippen LogP contribution in [0.25, 0.3) is 44.4 Å². The van der Waals surface area contributed by atoms with Crippen molar-refractivity contribution in [3.63, 3.8) is 0 Å². The Balaban J connectivity index is 1.18. The molecule has 2 aliphatic carbocycles. The van der Waals surface area contributed by atoms with E-state index < -0.39 is 0 Å². The largest absolute Gasteiger partial charge is 0.460 e. The number of nitrogens with two attached hydrogens (primary N) is 1. The highest BCUT2D eigenvalue weighted by Gasteiger charge is 2.24. The van der Waals surface area contributed by atoms with Crippen LogP contribution in [-0.2, 0) is 6.42 Å². The summed E-state index contributed by atoms with van der Waals surface area (Å²) in [5.41, 5.74) is 17.2. The lowest BCUT2D eigenvalue weighted by molar-refractivity contribution is 0.546. The number of aliphatic imine (C=N–C) groups is 1. The summed E-state index contributed by atoms with van der Waals surface area (Å²) in [7, 11) is 0. The summed E-state index contributed by atoms with van der Waals surface area (Å²) in [5, 5.41) is 9.70. The predicted octanol–water partition coefficient (Wildman–Crippen LogP) is 9.21. The summed E-state index contributed by atoms with van der Waals surface area (Å²) in [6, 6.07) is 33.3. The molecule has 0 atom stereocenters. The first kappa shape index (κ1) is 25.7. The Bertz CT molecular complexity index is 1920. The second kappa shape index (κ2) is 11.0. The number of nitrogens with one attached hydrogen (secondary N) is 1. The minimum absolute atomic E-state index is 0.136. The molecule has 2 aliphatic rings. The molecule has 0 bridgehead atoms. The molecule has 4 aromatic carbocycles. The maximum atomic E-state index is 8.68. The highest BCUT2D eigenvalue weighted by molar-refractivity contribution is 6.28. The van der Waals surface area contributed by atoms with E-state index in [4.69, 9.17) is 15.6 Å². The summed E-state index contributed by atoms with van der Waals surface area (Å²) in [6.07, 6.45) is 12.5. The van der Waals surface area contributed by atoms with Crippen molar-refractivity contribution in [1.29, 1.82) is 5.41 Å². The quantitative estimate of drug-likeness (QED) is 0.171. The minimum atomic E-state index is 0.136. The van der Waals surface area contributed by atoms with Crippen molar-refractivity contribution in [3.05, 3.63) is 144 Å². The third kappa shape index (κ3) is 4.92. The Morgan fingerprint density at radius 3 is 2.19 bits per heavy atom. The molecule has 1 heterocycles. The molecule has 3 N–H and O–H groups in total. The average Bonchev–Trinajstić information content (AvgIpc) is 3.44. The number of nitrogens with zero attached hydrogens (tertiary/aromatic N) is 1. The van der Waals surface area contributed by atoms with Gasteiger partial charge in [0.1, 0.15) is 17.2 Å². The van der Waals surface area contributed by atoms with Crippen LogP contribution in [0.4, 0.5) is 0 Å². The summed E-state index contributed by atoms with van der Waals surface area (Å²) in [6.45, 7) is 0. The molecule has 42 heavy (non-hydrogen) atoms. The molecule has 1 aromatic heterocycles. The molecular weight excluding hydrogens is 514 g/mol. The van der Waals surface area contributed by atoms with Crippen LogP contribution in [0.1, 0.15) is 41.7 Å². The molecule has 0 aliphatic heterocycles. The fourth-order valence-electron chi connectivity index (χ4n) is 5.90. The van der Waals surface area contributed by atoms with Gasteiger partial charge in [-0.25, -0.2) is 4.99 Å². The highest BCUT2D eigenvalue weighted by Crippen LogP contribution is 2.38. The van der Waals surface area contributed by atoms with Crippen LogP contribution in [0.15, 0.2) is 131 Å². The number of hydrogen-bond donors (Lipinski definition) is 2. The van der Waals surface area contributed by atoms with Crippen LogP contribution in [0.5, 0.6) is 0 Å². The number of furan rings is 1. The number of benzene rings is 4. The van der Waals surface area contributed by atoms with Gasteiger partial charge in [-0.2, -0.15) is 0 Å². The Labute approximate surface area is 245 Å². The number of rotatable bonds is 5. The second-order valence-corrected chi connectivity index (χ2v) is 10.8. The Morgan fingerprint density at radius 2 is 1.43 bits per heavy atom. The van der Waals surface area contributed by atoms with Gasteiger partial charge in [-0.3, -0.25) is 5.41 Å². The van der Waals surface area contributed by atoms with Gasteiger partial charge in [0, 0.05) is 28.5 Å². The molecule has 4 heteroatoms. The van der Waals surface area contributed by atoms with Crippen LogP contribution >= 0.6 is 0 Å². The molecule has 0 spiro atoms. The summed E-state index contributed by atoms with van der Waals surface area (Å²) >= 11 is 0. The molecule has 4 nitrogen and oxygen atoms in total. The van der Waals surface area contributed by atoms with Crippen LogP contribution in [0.3, 0.4) is 0 Å². The van der Waals surface area contributed by atoms with E-state index in [0.29, 0.717) is 5.84 Å². The van der Waals surface area contributed by atoms with Crippen molar-refractivity contribution in [3.8, 4) is 22.3 Å². The predicted molar refractivity (Wildman–Crippen MR) is 175 cm³/mol. The van der Waals surface area contributed by atoms with Crippen molar-refractivity contribution in [2.75, 3.05) is 0 Å². The Kier molecular flexibility index (Phi) is 6.73. The van der Waals surface area contributed by atoms with E-state index in [1.54, 1.807) is 0 Å². The SMILES string of the molecule is N=C(/N=C(\N)C1=CCCc2oc3ccc(-c4ccc(C5=CC=CCC5)cc4)cc3c21)c1ccc(-c2ccccc2)cc1. The third-order valence-electron chi connectivity index (χ3n) is 8.13. The van der Waals surface area contributed by atoms with Crippen molar-refractivity contribution >= 4 is 33.8 Å². The fourth-order valence-corrected chi connectivity index (χ4v) is 5.90. The van der Waals surface area contributed by atoms with Gasteiger partial charge >= 0.3 is 0 Å². The molecule has 5 aromatic rings. The van der Waals surface area contributed by atoms with Crippen LogP contribution in [0, 0.1) is 5.41 Å². The number of hydrogen-bond acceptors (Lipinski definition) is 2. The average molecular weight is 546 g/mol. The van der Waals surface area contributed by atoms with Gasteiger partial charge in [0.25, 0.3) is 0 Å². The Hall–Kier alpha value is -5.22. The van der Waals surface area contributed by atoms with E-state index >= 15 is 0 Å². The van der Waals surface area contributed by atoms with Gasteiger partial charge in [-0.1, -0.05) is 109 Å². The first-order valence-electron chi connectivity index (χ1n) is 14.5. The zero-order valence-electron chi connectivity index (χ0n) is 23.3. The van der Waals surface area contributed by atoms with Gasteiger partial charge in [0.05, 0.1) is 0 Å². The van der Waals surface area contributed by atoms with Crippen LogP contribution in [0.2, 0.25) is 0 Å². The molecule has 0 unspecified atom stereocenters. The minimum Gasteiger partial charge on any atom is -0.460 e. The number of allylic oxidation sites excluding steroid dienone is 5. The standard InChI is InChI=1S/C38H31N3O/c39-37(30-20-18-28(19-21-30)26-10-5-2-6-11-26)41-38(40)32-12-7-13-35-36(32)33-24-31(22-23-34(33)42-35)29-16-14-27(15-17-29)25-8-3-1-4-9-25/h1-3,5-6,8,10-12,14-24H,4,7,9,13H2,(H3,39,40,41). The lowest BCUT2D eigenvalue weighted by Crippen LogP contribution is -2.18. The smallest absolute Gasteiger partial charge is 0.154 e. The first-order valence-corrected chi connectivity index (χ1v) is 14.5. The van der Waals surface area contributed by atoms with Crippen molar-refractivity contribution in [1.82, 2.24) is 0 Å². The van der Waals surface area contributed by atoms with Gasteiger partial charge in [-0.05, 0) is 64.8 Å². The maximum absolute atomic E-state index is 8.68. The zero-order chi connectivity index (χ0) is 28.5. The number of amidine groups is 2. The fraction of sp³-hybridized carbons (Fsp3) is 0.105. The van der Waals surface area contributed by atoms with E-state index in [1.165, 1.54) is 11.1 Å². The molecular formula is C38H31N3O. The first-order chi connectivity index (χ1) is 20.6. The van der Waals surface area contributed by atoms with Gasteiger partial charge in [0.15, 0.2) is 5.84 Å². The van der Waals surface area contributed by atoms with Crippen molar-refractivity contribution in [2.45, 2.75) is 25.7 Å². The number of aryl methyl sites for hydroxylation is 1. The monoisotopic (exact) mass is 545 g/mol.